The molecule has 1 N–H and O–H groups in total. The third-order valence-electron chi connectivity index (χ3n) is 5.00. The van der Waals surface area contributed by atoms with Crippen molar-refractivity contribution in [1.29, 1.82) is 0 Å². The van der Waals surface area contributed by atoms with E-state index >= 15 is 0 Å². The quantitative estimate of drug-likeness (QED) is 0.495. The first-order chi connectivity index (χ1) is 15.6. The van der Waals surface area contributed by atoms with E-state index in [1.165, 1.54) is 30.2 Å². The summed E-state index contributed by atoms with van der Waals surface area (Å²) in [6.45, 7) is 2.25. The molecule has 0 unspecified atom stereocenters. The Labute approximate surface area is 198 Å². The van der Waals surface area contributed by atoms with Crippen molar-refractivity contribution in [1.82, 2.24) is 4.90 Å². The lowest BCUT2D eigenvalue weighted by molar-refractivity contribution is 0.0784. The maximum absolute atomic E-state index is 13.1. The molecule has 3 rings (SSSR count). The minimum Gasteiger partial charge on any atom is -0.497 e. The Balaban J connectivity index is 1.85. The average molecular weight is 489 g/mol. The van der Waals surface area contributed by atoms with Crippen LogP contribution in [0.2, 0.25) is 5.02 Å². The van der Waals surface area contributed by atoms with Gasteiger partial charge in [-0.05, 0) is 55.5 Å². The van der Waals surface area contributed by atoms with Crippen LogP contribution in [0, 0.1) is 6.92 Å². The number of sulfonamides is 1. The zero-order chi connectivity index (χ0) is 24.2. The van der Waals surface area contributed by atoms with Gasteiger partial charge in [0, 0.05) is 30.4 Å². The number of nitrogens with one attached hydrogen (secondary N) is 1. The predicted molar refractivity (Wildman–Crippen MR) is 129 cm³/mol. The molecule has 33 heavy (non-hydrogen) atoms. The highest BCUT2D eigenvalue weighted by Gasteiger charge is 2.22. The first-order valence-electron chi connectivity index (χ1n) is 10.00. The third kappa shape index (κ3) is 5.77. The monoisotopic (exact) mass is 488 g/mol. The molecule has 3 aromatic carbocycles. The van der Waals surface area contributed by atoms with E-state index < -0.39 is 10.0 Å². The minimum atomic E-state index is -4.03. The maximum Gasteiger partial charge on any atom is 0.263 e. The number of halogens is 1. The lowest BCUT2D eigenvalue weighted by Gasteiger charge is -2.20. The molecule has 0 bridgehead atoms. The molecule has 1 amide bonds. The Morgan fingerprint density at radius 1 is 1.00 bits per heavy atom. The van der Waals surface area contributed by atoms with Crippen molar-refractivity contribution in [3.8, 4) is 11.5 Å². The topological polar surface area (TPSA) is 84.9 Å². The lowest BCUT2D eigenvalue weighted by atomic mass is 10.1. The molecule has 0 fully saturated rings. The van der Waals surface area contributed by atoms with Gasteiger partial charge in [-0.15, -0.1) is 0 Å². The molecule has 0 atom stereocenters. The highest BCUT2D eigenvalue weighted by Crippen LogP contribution is 2.27. The van der Waals surface area contributed by atoms with Gasteiger partial charge in [-0.25, -0.2) is 8.42 Å². The van der Waals surface area contributed by atoms with Gasteiger partial charge in [0.1, 0.15) is 16.4 Å². The Morgan fingerprint density at radius 2 is 1.70 bits per heavy atom. The van der Waals surface area contributed by atoms with Crippen molar-refractivity contribution in [2.75, 3.05) is 26.0 Å². The number of methoxy groups -OCH3 is 2. The first kappa shape index (κ1) is 24.4. The largest absolute Gasteiger partial charge is 0.497 e. The zero-order valence-electron chi connectivity index (χ0n) is 18.8. The van der Waals surface area contributed by atoms with Gasteiger partial charge < -0.3 is 14.4 Å². The molecule has 0 saturated heterocycles. The smallest absolute Gasteiger partial charge is 0.263 e. The molecule has 0 saturated carbocycles. The number of rotatable bonds is 8. The van der Waals surface area contributed by atoms with Crippen LogP contribution in [0.3, 0.4) is 0 Å². The van der Waals surface area contributed by atoms with Crippen LogP contribution in [-0.4, -0.2) is 40.5 Å². The molecule has 0 aliphatic carbocycles. The van der Waals surface area contributed by atoms with Gasteiger partial charge in [-0.2, -0.15) is 0 Å². The highest BCUT2D eigenvalue weighted by molar-refractivity contribution is 7.92. The van der Waals surface area contributed by atoms with Crippen molar-refractivity contribution in [3.63, 3.8) is 0 Å². The molecular weight excluding hydrogens is 464 g/mol. The molecule has 0 aliphatic heterocycles. The number of carbonyl (C=O) groups excluding carboxylic acids is 1. The highest BCUT2D eigenvalue weighted by atomic mass is 35.5. The summed E-state index contributed by atoms with van der Waals surface area (Å²) < 4.78 is 38.9. The van der Waals surface area contributed by atoms with Crippen LogP contribution in [0.4, 0.5) is 5.69 Å². The summed E-state index contributed by atoms with van der Waals surface area (Å²) in [4.78, 5) is 14.4. The average Bonchev–Trinajstić information content (AvgIpc) is 2.79. The predicted octanol–water partition coefficient (Wildman–Crippen LogP) is 4.74. The fourth-order valence-electron chi connectivity index (χ4n) is 3.29. The third-order valence-corrected chi connectivity index (χ3v) is 6.86. The second-order valence-corrected chi connectivity index (χ2v) is 9.51. The van der Waals surface area contributed by atoms with E-state index in [1.54, 1.807) is 38.4 Å². The maximum atomic E-state index is 13.1. The summed E-state index contributed by atoms with van der Waals surface area (Å²) in [5, 5.41) is 0.00979. The Bertz CT molecular complexity index is 1260. The molecule has 0 heterocycles. The van der Waals surface area contributed by atoms with Crippen LogP contribution >= 0.6 is 11.6 Å². The van der Waals surface area contributed by atoms with Crippen LogP contribution < -0.4 is 14.2 Å². The van der Waals surface area contributed by atoms with Crippen LogP contribution in [0.5, 0.6) is 11.5 Å². The van der Waals surface area contributed by atoms with Crippen LogP contribution in [0.1, 0.15) is 21.5 Å². The standard InChI is InChI=1S/C24H25ClN2O5S/c1-16-5-12-22(32-4)18(13-16)15-27(2)24(28)17-6-11-21(25)23(14-17)33(29,30)26-19-7-9-20(31-3)10-8-19/h5-14,26H,15H2,1-4H3. The summed E-state index contributed by atoms with van der Waals surface area (Å²) in [6.07, 6.45) is 0. The van der Waals surface area contributed by atoms with E-state index in [2.05, 4.69) is 4.72 Å². The van der Waals surface area contributed by atoms with E-state index in [-0.39, 0.29) is 21.4 Å². The van der Waals surface area contributed by atoms with Gasteiger partial charge in [0.15, 0.2) is 0 Å². The molecule has 0 radical (unpaired) electrons. The minimum absolute atomic E-state index is 0.00979. The molecule has 0 spiro atoms. The molecule has 7 nitrogen and oxygen atoms in total. The normalized spacial score (nSPS) is 11.1. The summed E-state index contributed by atoms with van der Waals surface area (Å²) in [6, 6.07) is 16.3. The second-order valence-electron chi connectivity index (χ2n) is 7.46. The van der Waals surface area contributed by atoms with Crippen molar-refractivity contribution >= 4 is 33.2 Å². The van der Waals surface area contributed by atoms with E-state index in [0.717, 1.165) is 11.1 Å². The van der Waals surface area contributed by atoms with E-state index in [4.69, 9.17) is 21.1 Å². The van der Waals surface area contributed by atoms with E-state index in [0.29, 0.717) is 23.7 Å². The number of benzene rings is 3. The van der Waals surface area contributed by atoms with Gasteiger partial charge >= 0.3 is 0 Å². The molecule has 174 valence electrons. The molecular formula is C24H25ClN2O5S. The van der Waals surface area contributed by atoms with Gasteiger partial charge in [0.2, 0.25) is 0 Å². The van der Waals surface area contributed by atoms with Crippen molar-refractivity contribution in [2.24, 2.45) is 0 Å². The number of amides is 1. The number of anilines is 1. The zero-order valence-corrected chi connectivity index (χ0v) is 20.3. The van der Waals surface area contributed by atoms with Crippen LogP contribution in [0.25, 0.3) is 0 Å². The van der Waals surface area contributed by atoms with E-state index in [1.807, 2.05) is 25.1 Å². The van der Waals surface area contributed by atoms with Gasteiger partial charge in [0.05, 0.1) is 19.2 Å². The summed E-state index contributed by atoms with van der Waals surface area (Å²) >= 11 is 6.19. The Kier molecular flexibility index (Phi) is 7.50. The number of hydrogen-bond acceptors (Lipinski definition) is 5. The Morgan fingerprint density at radius 3 is 2.33 bits per heavy atom. The SMILES string of the molecule is COc1ccc(NS(=O)(=O)c2cc(C(=O)N(C)Cc3cc(C)ccc3OC)ccc2Cl)cc1. The van der Waals surface area contributed by atoms with Gasteiger partial charge in [-0.3, -0.25) is 9.52 Å². The number of ether oxygens (including phenoxy) is 2. The van der Waals surface area contributed by atoms with Gasteiger partial charge in [0.25, 0.3) is 15.9 Å². The van der Waals surface area contributed by atoms with E-state index in [9.17, 15) is 13.2 Å². The number of aryl methyl sites for hydroxylation is 1. The van der Waals surface area contributed by atoms with Gasteiger partial charge in [-0.1, -0.05) is 29.3 Å². The summed E-state index contributed by atoms with van der Waals surface area (Å²) in [5.41, 5.74) is 2.42. The lowest BCUT2D eigenvalue weighted by Crippen LogP contribution is -2.27. The summed E-state index contributed by atoms with van der Waals surface area (Å²) in [5.74, 6) is 0.913. The van der Waals surface area contributed by atoms with Crippen molar-refractivity contribution in [3.05, 3.63) is 82.4 Å². The van der Waals surface area contributed by atoms with Crippen LogP contribution in [0.15, 0.2) is 65.6 Å². The Hall–Kier alpha value is -3.23. The fourth-order valence-corrected chi connectivity index (χ4v) is 4.88. The summed E-state index contributed by atoms with van der Waals surface area (Å²) in [7, 11) is 0.700. The van der Waals surface area contributed by atoms with Crippen molar-refractivity contribution in [2.45, 2.75) is 18.4 Å². The molecule has 0 aromatic heterocycles. The molecule has 3 aromatic rings. The second kappa shape index (κ2) is 10.1. The molecule has 9 heteroatoms. The fraction of sp³-hybridized carbons (Fsp3) is 0.208. The number of hydrogen-bond donors (Lipinski definition) is 1. The number of nitrogens with zero attached hydrogens (tertiary/aromatic N) is 1. The first-order valence-corrected chi connectivity index (χ1v) is 11.9. The molecule has 0 aliphatic rings. The van der Waals surface area contributed by atoms with Crippen molar-refractivity contribution < 1.29 is 22.7 Å². The number of carbonyl (C=O) groups is 1. The van der Waals surface area contributed by atoms with Crippen LogP contribution in [-0.2, 0) is 16.6 Å².